The molecule has 0 saturated heterocycles. The molecule has 0 amide bonds. The molecule has 0 radical (unpaired) electrons. The van der Waals surface area contributed by atoms with Gasteiger partial charge in [-0.2, -0.15) is 0 Å². The fourth-order valence-corrected chi connectivity index (χ4v) is 1.16. The van der Waals surface area contributed by atoms with Crippen LogP contribution in [0.1, 0.15) is 5.56 Å². The molecular weight excluding hydrogens is 251 g/mol. The fourth-order valence-electron chi connectivity index (χ4n) is 0.808. The molecule has 0 heterocycles. The van der Waals surface area contributed by atoms with E-state index in [9.17, 15) is 4.79 Å². The van der Waals surface area contributed by atoms with Crippen molar-refractivity contribution in [2.45, 2.75) is 0 Å². The SMILES string of the molecule is O=C(C=Cc1ccc(Br)cc1)CCl. The molecule has 1 aromatic rings. The van der Waals surface area contributed by atoms with E-state index in [2.05, 4.69) is 15.9 Å². The third kappa shape index (κ3) is 3.75. The van der Waals surface area contributed by atoms with Gasteiger partial charge >= 0.3 is 0 Å². The number of alkyl halides is 1. The van der Waals surface area contributed by atoms with Crippen molar-refractivity contribution in [2.24, 2.45) is 0 Å². The van der Waals surface area contributed by atoms with Gasteiger partial charge in [-0.1, -0.05) is 34.1 Å². The van der Waals surface area contributed by atoms with Crippen LogP contribution in [0.15, 0.2) is 34.8 Å². The first-order chi connectivity index (χ1) is 6.22. The number of benzene rings is 1. The fraction of sp³-hybridized carbons (Fsp3) is 0.100. The average Bonchev–Trinajstić information content (AvgIpc) is 2.16. The monoisotopic (exact) mass is 258 g/mol. The molecule has 0 aliphatic carbocycles. The number of hydrogen-bond donors (Lipinski definition) is 0. The number of ketones is 1. The van der Waals surface area contributed by atoms with Crippen LogP contribution in [0, 0.1) is 0 Å². The van der Waals surface area contributed by atoms with Gasteiger partial charge in [0.2, 0.25) is 0 Å². The van der Waals surface area contributed by atoms with Crippen LogP contribution in [0.2, 0.25) is 0 Å². The van der Waals surface area contributed by atoms with Gasteiger partial charge < -0.3 is 0 Å². The van der Waals surface area contributed by atoms with E-state index >= 15 is 0 Å². The van der Waals surface area contributed by atoms with Crippen molar-refractivity contribution in [1.29, 1.82) is 0 Å². The molecule has 0 fully saturated rings. The molecule has 3 heteroatoms. The van der Waals surface area contributed by atoms with Gasteiger partial charge in [-0.3, -0.25) is 4.79 Å². The Hall–Kier alpha value is -0.600. The third-order valence-corrected chi connectivity index (χ3v) is 2.26. The maximum atomic E-state index is 10.8. The molecule has 1 rings (SSSR count). The molecule has 0 unspecified atom stereocenters. The maximum Gasteiger partial charge on any atom is 0.170 e. The molecule has 1 nitrogen and oxygen atoms in total. The second kappa shape index (κ2) is 5.20. The van der Waals surface area contributed by atoms with Crippen molar-refractivity contribution in [3.63, 3.8) is 0 Å². The summed E-state index contributed by atoms with van der Waals surface area (Å²) < 4.78 is 1.02. The number of halogens is 2. The zero-order valence-electron chi connectivity index (χ0n) is 6.84. The summed E-state index contributed by atoms with van der Waals surface area (Å²) >= 11 is 8.66. The number of hydrogen-bond acceptors (Lipinski definition) is 1. The van der Waals surface area contributed by atoms with Gasteiger partial charge in [-0.05, 0) is 23.8 Å². The average molecular weight is 260 g/mol. The Bertz CT molecular complexity index is 316. The third-order valence-electron chi connectivity index (χ3n) is 1.46. The van der Waals surface area contributed by atoms with Crippen molar-refractivity contribution in [2.75, 3.05) is 5.88 Å². The highest BCUT2D eigenvalue weighted by molar-refractivity contribution is 9.10. The van der Waals surface area contributed by atoms with E-state index in [4.69, 9.17) is 11.6 Å². The van der Waals surface area contributed by atoms with E-state index in [1.807, 2.05) is 24.3 Å². The van der Waals surface area contributed by atoms with E-state index < -0.39 is 0 Å². The summed E-state index contributed by atoms with van der Waals surface area (Å²) in [5.74, 6) is -0.0443. The zero-order valence-corrected chi connectivity index (χ0v) is 9.18. The van der Waals surface area contributed by atoms with Gasteiger partial charge in [0.15, 0.2) is 5.78 Å². The summed E-state index contributed by atoms with van der Waals surface area (Å²) in [6.45, 7) is 0. The molecule has 0 saturated carbocycles. The lowest BCUT2D eigenvalue weighted by atomic mass is 10.2. The Kier molecular flexibility index (Phi) is 4.19. The van der Waals surface area contributed by atoms with Gasteiger partial charge in [-0.15, -0.1) is 11.6 Å². The van der Waals surface area contributed by atoms with Crippen LogP contribution in [-0.4, -0.2) is 11.7 Å². The van der Waals surface area contributed by atoms with Gasteiger partial charge in [0.1, 0.15) is 0 Å². The van der Waals surface area contributed by atoms with Crippen molar-refractivity contribution < 1.29 is 4.79 Å². The van der Waals surface area contributed by atoms with Gasteiger partial charge in [0.25, 0.3) is 0 Å². The Balaban J connectivity index is 2.69. The largest absolute Gasteiger partial charge is 0.294 e. The smallest absolute Gasteiger partial charge is 0.170 e. The molecule has 1 aromatic carbocycles. The predicted octanol–water partition coefficient (Wildman–Crippen LogP) is 3.27. The highest BCUT2D eigenvalue weighted by atomic mass is 79.9. The topological polar surface area (TPSA) is 17.1 Å². The van der Waals surface area contributed by atoms with Crippen molar-refractivity contribution in [1.82, 2.24) is 0 Å². The van der Waals surface area contributed by atoms with Crippen molar-refractivity contribution >= 4 is 39.4 Å². The first-order valence-electron chi connectivity index (χ1n) is 3.75. The number of rotatable bonds is 3. The van der Waals surface area contributed by atoms with Crippen LogP contribution in [0.5, 0.6) is 0 Å². The summed E-state index contributed by atoms with van der Waals surface area (Å²) in [4.78, 5) is 10.8. The Morgan fingerprint density at radius 2 is 2.00 bits per heavy atom. The van der Waals surface area contributed by atoms with Gasteiger partial charge in [0, 0.05) is 4.47 Å². The number of allylic oxidation sites excluding steroid dienone is 1. The summed E-state index contributed by atoms with van der Waals surface area (Å²) in [5, 5.41) is 0. The van der Waals surface area contributed by atoms with Crippen LogP contribution in [0.25, 0.3) is 6.08 Å². The van der Waals surface area contributed by atoms with E-state index in [-0.39, 0.29) is 11.7 Å². The Morgan fingerprint density at radius 1 is 1.38 bits per heavy atom. The first-order valence-corrected chi connectivity index (χ1v) is 5.07. The molecule has 68 valence electrons. The quantitative estimate of drug-likeness (QED) is 0.601. The second-order valence-electron chi connectivity index (χ2n) is 2.48. The lowest BCUT2D eigenvalue weighted by molar-refractivity contribution is -0.112. The van der Waals surface area contributed by atoms with E-state index in [1.165, 1.54) is 6.08 Å². The van der Waals surface area contributed by atoms with E-state index in [0.717, 1.165) is 10.0 Å². The molecule has 0 spiro atoms. The molecule has 0 atom stereocenters. The summed E-state index contributed by atoms with van der Waals surface area (Å²) in [6, 6.07) is 7.68. The van der Waals surface area contributed by atoms with Gasteiger partial charge in [-0.25, -0.2) is 0 Å². The van der Waals surface area contributed by atoms with E-state index in [1.54, 1.807) is 6.08 Å². The maximum absolute atomic E-state index is 10.8. The lowest BCUT2D eigenvalue weighted by Gasteiger charge is -1.92. The highest BCUT2D eigenvalue weighted by Gasteiger charge is 1.91. The van der Waals surface area contributed by atoms with Gasteiger partial charge in [0.05, 0.1) is 5.88 Å². The lowest BCUT2D eigenvalue weighted by Crippen LogP contribution is -1.91. The van der Waals surface area contributed by atoms with Crippen molar-refractivity contribution in [3.05, 3.63) is 40.4 Å². The molecule has 0 aromatic heterocycles. The Morgan fingerprint density at radius 3 is 2.54 bits per heavy atom. The van der Waals surface area contributed by atoms with Crippen LogP contribution >= 0.6 is 27.5 Å². The first kappa shape index (κ1) is 10.5. The Labute approximate surface area is 90.5 Å². The minimum Gasteiger partial charge on any atom is -0.294 e. The molecule has 0 N–H and O–H groups in total. The van der Waals surface area contributed by atoms with Crippen LogP contribution in [0.3, 0.4) is 0 Å². The standard InChI is InChI=1S/C10H8BrClO/c11-9-4-1-8(2-5-9)3-6-10(13)7-12/h1-6H,7H2. The predicted molar refractivity (Wildman–Crippen MR) is 58.9 cm³/mol. The summed E-state index contributed by atoms with van der Waals surface area (Å²) in [7, 11) is 0. The number of carbonyl (C=O) groups excluding carboxylic acids is 1. The minimum absolute atomic E-state index is 0.0348. The molecule has 0 aliphatic heterocycles. The van der Waals surface area contributed by atoms with Crippen LogP contribution in [-0.2, 0) is 4.79 Å². The molecule has 0 aliphatic rings. The normalized spacial score (nSPS) is 10.6. The highest BCUT2D eigenvalue weighted by Crippen LogP contribution is 2.11. The second-order valence-corrected chi connectivity index (χ2v) is 3.67. The zero-order chi connectivity index (χ0) is 9.68. The summed E-state index contributed by atoms with van der Waals surface area (Å²) in [5.41, 5.74) is 0.988. The molecule has 0 bridgehead atoms. The molecular formula is C10H8BrClO. The summed E-state index contributed by atoms with van der Waals surface area (Å²) in [6.07, 6.45) is 3.23. The van der Waals surface area contributed by atoms with E-state index in [0.29, 0.717) is 0 Å². The van der Waals surface area contributed by atoms with Crippen molar-refractivity contribution in [3.8, 4) is 0 Å². The molecule has 13 heavy (non-hydrogen) atoms. The van der Waals surface area contributed by atoms with Crippen LogP contribution in [0.4, 0.5) is 0 Å². The number of carbonyl (C=O) groups is 1. The minimum atomic E-state index is -0.0791. The van der Waals surface area contributed by atoms with Crippen LogP contribution < -0.4 is 0 Å².